The summed E-state index contributed by atoms with van der Waals surface area (Å²) in [4.78, 5) is 13.5. The van der Waals surface area contributed by atoms with Crippen molar-refractivity contribution in [2.75, 3.05) is 0 Å². The number of halogens is 1. The number of carbonyl (C=O) groups is 1. The van der Waals surface area contributed by atoms with Gasteiger partial charge < -0.3 is 5.32 Å². The van der Waals surface area contributed by atoms with Gasteiger partial charge in [0, 0.05) is 20.9 Å². The van der Waals surface area contributed by atoms with E-state index in [2.05, 4.69) is 5.32 Å². The summed E-state index contributed by atoms with van der Waals surface area (Å²) in [5.74, 6) is -0.496. The van der Waals surface area contributed by atoms with E-state index in [9.17, 15) is 13.2 Å². The van der Waals surface area contributed by atoms with Crippen molar-refractivity contribution in [3.8, 4) is 0 Å². The van der Waals surface area contributed by atoms with Gasteiger partial charge >= 0.3 is 0 Å². The molecule has 4 nitrogen and oxygen atoms in total. The maximum Gasteiger partial charge on any atom is 0.256 e. The van der Waals surface area contributed by atoms with Crippen LogP contribution in [0.4, 0.5) is 0 Å². The van der Waals surface area contributed by atoms with Gasteiger partial charge in [0.2, 0.25) is 9.84 Å². The zero-order valence-corrected chi connectivity index (χ0v) is 17.9. The molecule has 0 spiro atoms. The van der Waals surface area contributed by atoms with Crippen molar-refractivity contribution in [3.63, 3.8) is 0 Å². The summed E-state index contributed by atoms with van der Waals surface area (Å²) in [6.07, 6.45) is 0. The van der Waals surface area contributed by atoms with E-state index in [0.29, 0.717) is 10.6 Å². The van der Waals surface area contributed by atoms with Crippen molar-refractivity contribution < 1.29 is 13.2 Å². The number of hydrogen-bond acceptors (Lipinski definition) is 4. The van der Waals surface area contributed by atoms with Gasteiger partial charge in [0.1, 0.15) is 5.03 Å². The molecule has 0 aromatic heterocycles. The van der Waals surface area contributed by atoms with Gasteiger partial charge in [0.15, 0.2) is 0 Å². The Morgan fingerprint density at radius 3 is 2.17 bits per heavy atom. The molecule has 0 aliphatic carbocycles. The monoisotopic (exact) mass is 443 g/mol. The number of rotatable bonds is 6. The molecule has 0 aliphatic rings. The molecule has 3 aromatic carbocycles. The fourth-order valence-electron chi connectivity index (χ4n) is 2.41. The SMILES string of the molecule is Cc1ccc(S(=O)(=O)C(=CSc2ccc(Cl)cc2)NC(=O)c2ccccc2)cc1. The summed E-state index contributed by atoms with van der Waals surface area (Å²) in [5.41, 5.74) is 1.31. The summed E-state index contributed by atoms with van der Waals surface area (Å²) in [7, 11) is -3.92. The van der Waals surface area contributed by atoms with Crippen LogP contribution in [0.2, 0.25) is 5.02 Å². The molecule has 0 atom stereocenters. The summed E-state index contributed by atoms with van der Waals surface area (Å²) >= 11 is 7.08. The first-order valence-electron chi connectivity index (χ1n) is 8.67. The molecule has 0 radical (unpaired) electrons. The van der Waals surface area contributed by atoms with Crippen molar-refractivity contribution in [2.45, 2.75) is 16.7 Å². The zero-order chi connectivity index (χ0) is 20.9. The van der Waals surface area contributed by atoms with E-state index in [1.165, 1.54) is 29.3 Å². The third-order valence-electron chi connectivity index (χ3n) is 4.01. The maximum atomic E-state index is 13.2. The van der Waals surface area contributed by atoms with Gasteiger partial charge in [-0.3, -0.25) is 4.79 Å². The Morgan fingerprint density at radius 1 is 0.931 bits per heavy atom. The van der Waals surface area contributed by atoms with Gasteiger partial charge in [0.05, 0.1) is 4.90 Å². The van der Waals surface area contributed by atoms with Crippen LogP contribution in [-0.4, -0.2) is 14.3 Å². The number of nitrogens with one attached hydrogen (secondary N) is 1. The Balaban J connectivity index is 1.95. The van der Waals surface area contributed by atoms with Crippen molar-refractivity contribution in [1.82, 2.24) is 5.32 Å². The molecule has 29 heavy (non-hydrogen) atoms. The van der Waals surface area contributed by atoms with Crippen molar-refractivity contribution in [2.24, 2.45) is 0 Å². The lowest BCUT2D eigenvalue weighted by Crippen LogP contribution is -2.27. The van der Waals surface area contributed by atoms with Gasteiger partial charge in [-0.05, 0) is 55.5 Å². The molecule has 0 bridgehead atoms. The van der Waals surface area contributed by atoms with Gasteiger partial charge in [-0.2, -0.15) is 0 Å². The average Bonchev–Trinajstić information content (AvgIpc) is 2.73. The van der Waals surface area contributed by atoms with E-state index >= 15 is 0 Å². The van der Waals surface area contributed by atoms with Crippen LogP contribution in [0.5, 0.6) is 0 Å². The molecule has 1 amide bonds. The third-order valence-corrected chi connectivity index (χ3v) is 7.00. The highest BCUT2D eigenvalue weighted by Crippen LogP contribution is 2.26. The Morgan fingerprint density at radius 2 is 1.55 bits per heavy atom. The number of sulfone groups is 1. The molecule has 0 unspecified atom stereocenters. The first-order chi connectivity index (χ1) is 13.9. The Kier molecular flexibility index (Phi) is 6.79. The standard InChI is InChI=1S/C22H18ClNO3S2/c1-16-7-13-20(14-8-16)29(26,27)21(15-28-19-11-9-18(23)10-12-19)24-22(25)17-5-3-2-4-6-17/h2-15H,1H3,(H,24,25). The molecule has 0 saturated carbocycles. The normalized spacial score (nSPS) is 11.9. The second-order valence-electron chi connectivity index (χ2n) is 6.19. The highest BCUT2D eigenvalue weighted by molar-refractivity contribution is 8.03. The molecular weight excluding hydrogens is 426 g/mol. The molecule has 3 aromatic rings. The minimum Gasteiger partial charge on any atom is -0.312 e. The zero-order valence-electron chi connectivity index (χ0n) is 15.5. The van der Waals surface area contributed by atoms with Crippen LogP contribution in [0.1, 0.15) is 15.9 Å². The van der Waals surface area contributed by atoms with E-state index in [-0.39, 0.29) is 9.92 Å². The van der Waals surface area contributed by atoms with E-state index in [1.807, 2.05) is 6.92 Å². The molecule has 0 aliphatic heterocycles. The Labute approximate surface area is 179 Å². The van der Waals surface area contributed by atoms with Gasteiger partial charge in [-0.25, -0.2) is 8.42 Å². The number of aryl methyl sites for hydroxylation is 1. The Hall–Kier alpha value is -2.54. The van der Waals surface area contributed by atoms with Crippen molar-refractivity contribution in [3.05, 3.63) is 105 Å². The molecule has 7 heteroatoms. The molecule has 148 valence electrons. The number of hydrogen-bond donors (Lipinski definition) is 1. The van der Waals surface area contributed by atoms with Crippen LogP contribution in [0.15, 0.2) is 99.1 Å². The molecule has 0 heterocycles. The quantitative estimate of drug-likeness (QED) is 0.515. The second-order valence-corrected chi connectivity index (χ2v) is 9.49. The fraction of sp³-hybridized carbons (Fsp3) is 0.0455. The lowest BCUT2D eigenvalue weighted by atomic mass is 10.2. The second kappa shape index (κ2) is 9.31. The largest absolute Gasteiger partial charge is 0.312 e. The van der Waals surface area contributed by atoms with Crippen molar-refractivity contribution >= 4 is 39.1 Å². The summed E-state index contributed by atoms with van der Waals surface area (Å²) < 4.78 is 26.3. The minimum absolute atomic E-state index is 0.111. The summed E-state index contributed by atoms with van der Waals surface area (Å²) in [6, 6.07) is 21.9. The molecule has 1 N–H and O–H groups in total. The highest BCUT2D eigenvalue weighted by atomic mass is 35.5. The maximum absolute atomic E-state index is 13.2. The van der Waals surface area contributed by atoms with Gasteiger partial charge in [-0.15, -0.1) is 0 Å². The van der Waals surface area contributed by atoms with Crippen LogP contribution >= 0.6 is 23.4 Å². The average molecular weight is 444 g/mol. The van der Waals surface area contributed by atoms with Crippen LogP contribution in [0, 0.1) is 6.92 Å². The first kappa shape index (κ1) is 21.2. The summed E-state index contributed by atoms with van der Waals surface area (Å²) in [5, 5.41) is 4.39. The highest BCUT2D eigenvalue weighted by Gasteiger charge is 2.23. The topological polar surface area (TPSA) is 63.2 Å². The third kappa shape index (κ3) is 5.50. The lowest BCUT2D eigenvalue weighted by Gasteiger charge is -2.12. The smallest absolute Gasteiger partial charge is 0.256 e. The van der Waals surface area contributed by atoms with E-state index in [0.717, 1.165) is 10.5 Å². The molecule has 3 rings (SSSR count). The number of benzene rings is 3. The van der Waals surface area contributed by atoms with E-state index < -0.39 is 15.7 Å². The van der Waals surface area contributed by atoms with Crippen LogP contribution < -0.4 is 5.32 Å². The molecular formula is C22H18ClNO3S2. The Bertz CT molecular complexity index is 1120. The predicted molar refractivity (Wildman–Crippen MR) is 118 cm³/mol. The fourth-order valence-corrected chi connectivity index (χ4v) is 4.76. The van der Waals surface area contributed by atoms with Crippen LogP contribution in [0.25, 0.3) is 0 Å². The van der Waals surface area contributed by atoms with E-state index in [4.69, 9.17) is 11.6 Å². The van der Waals surface area contributed by atoms with Gasteiger partial charge in [0.25, 0.3) is 5.91 Å². The van der Waals surface area contributed by atoms with E-state index in [1.54, 1.807) is 66.7 Å². The predicted octanol–water partition coefficient (Wildman–Crippen LogP) is 5.44. The first-order valence-corrected chi connectivity index (χ1v) is 11.4. The van der Waals surface area contributed by atoms with Crippen LogP contribution in [-0.2, 0) is 9.84 Å². The van der Waals surface area contributed by atoms with Crippen LogP contribution in [0.3, 0.4) is 0 Å². The number of carbonyl (C=O) groups excluding carboxylic acids is 1. The minimum atomic E-state index is -3.92. The van der Waals surface area contributed by atoms with Crippen molar-refractivity contribution in [1.29, 1.82) is 0 Å². The number of thioether (sulfide) groups is 1. The number of amides is 1. The van der Waals surface area contributed by atoms with Gasteiger partial charge in [-0.1, -0.05) is 59.3 Å². The summed E-state index contributed by atoms with van der Waals surface area (Å²) in [6.45, 7) is 1.88. The lowest BCUT2D eigenvalue weighted by molar-refractivity contribution is 0.0968. The molecule has 0 fully saturated rings. The molecule has 0 saturated heterocycles.